The Balaban J connectivity index is 1.17. The van der Waals surface area contributed by atoms with Gasteiger partial charge in [0.15, 0.2) is 11.5 Å². The number of aliphatic hydroxyl groups is 1. The van der Waals surface area contributed by atoms with Crippen molar-refractivity contribution >= 4 is 0 Å². The van der Waals surface area contributed by atoms with Gasteiger partial charge in [-0.2, -0.15) is 5.10 Å². The summed E-state index contributed by atoms with van der Waals surface area (Å²) in [6, 6.07) is 6.03. The molecule has 25 heavy (non-hydrogen) atoms. The Morgan fingerprint density at radius 1 is 1.36 bits per heavy atom. The summed E-state index contributed by atoms with van der Waals surface area (Å²) in [4.78, 5) is 4.22. The highest BCUT2D eigenvalue weighted by Crippen LogP contribution is 2.32. The van der Waals surface area contributed by atoms with E-state index in [4.69, 9.17) is 14.2 Å². The quantitative estimate of drug-likeness (QED) is 0.754. The molecule has 2 N–H and O–H groups in total. The number of nitrogens with zero attached hydrogens (tertiary/aromatic N) is 3. The number of aliphatic hydroxyl groups excluding tert-OH is 1. The van der Waals surface area contributed by atoms with Crippen LogP contribution in [0.2, 0.25) is 0 Å². The largest absolute Gasteiger partial charge is 0.454 e. The Morgan fingerprint density at radius 3 is 3.24 bits per heavy atom. The number of ether oxygens (including phenoxy) is 3. The first-order valence-corrected chi connectivity index (χ1v) is 8.52. The minimum atomic E-state index is -0.550. The molecule has 0 fully saturated rings. The van der Waals surface area contributed by atoms with Crippen molar-refractivity contribution in [2.24, 2.45) is 0 Å². The van der Waals surface area contributed by atoms with Gasteiger partial charge in [-0.15, -0.1) is 0 Å². The summed E-state index contributed by atoms with van der Waals surface area (Å²) < 4.78 is 18.2. The van der Waals surface area contributed by atoms with E-state index in [1.807, 2.05) is 22.9 Å². The van der Waals surface area contributed by atoms with Crippen LogP contribution in [0.15, 0.2) is 24.5 Å². The molecule has 4 rings (SSSR count). The van der Waals surface area contributed by atoms with Crippen LogP contribution in [0, 0.1) is 0 Å². The van der Waals surface area contributed by atoms with Crippen LogP contribution in [0.25, 0.3) is 0 Å². The summed E-state index contributed by atoms with van der Waals surface area (Å²) >= 11 is 0. The van der Waals surface area contributed by atoms with Crippen molar-refractivity contribution in [2.45, 2.75) is 38.1 Å². The standard InChI is InChI=1S/C17H22N4O4/c22-14(6-18-13-2-4-17-19-10-20-21(17)7-13)9-23-8-12-1-3-15-16(5-12)25-11-24-15/h1,3,5,10,13-14,18,22H,2,4,6-9,11H2/t13-,14-/m1/s1. The van der Waals surface area contributed by atoms with Crippen molar-refractivity contribution in [1.82, 2.24) is 20.1 Å². The van der Waals surface area contributed by atoms with Crippen molar-refractivity contribution in [2.75, 3.05) is 19.9 Å². The predicted molar refractivity (Wildman–Crippen MR) is 88.4 cm³/mol. The van der Waals surface area contributed by atoms with E-state index in [0.717, 1.165) is 42.3 Å². The van der Waals surface area contributed by atoms with Gasteiger partial charge in [0.25, 0.3) is 0 Å². The third-order valence-electron chi connectivity index (χ3n) is 4.46. The lowest BCUT2D eigenvalue weighted by Gasteiger charge is -2.24. The lowest BCUT2D eigenvalue weighted by atomic mass is 10.1. The average molecular weight is 346 g/mol. The van der Waals surface area contributed by atoms with Gasteiger partial charge in [-0.1, -0.05) is 6.07 Å². The Kier molecular flexibility index (Phi) is 4.82. The van der Waals surface area contributed by atoms with Gasteiger partial charge in [-0.25, -0.2) is 9.67 Å². The third-order valence-corrected chi connectivity index (χ3v) is 4.46. The molecule has 0 radical (unpaired) electrons. The molecule has 0 saturated carbocycles. The normalized spacial score (nSPS) is 19.6. The molecule has 2 aliphatic heterocycles. The van der Waals surface area contributed by atoms with Gasteiger partial charge in [-0.3, -0.25) is 0 Å². The van der Waals surface area contributed by atoms with E-state index in [-0.39, 0.29) is 13.4 Å². The zero-order valence-corrected chi connectivity index (χ0v) is 13.9. The maximum atomic E-state index is 10.1. The second-order valence-corrected chi connectivity index (χ2v) is 6.36. The number of rotatable bonds is 7. The van der Waals surface area contributed by atoms with Crippen LogP contribution >= 0.6 is 0 Å². The first kappa shape index (κ1) is 16.3. The van der Waals surface area contributed by atoms with Crippen LogP contribution in [0.3, 0.4) is 0 Å². The smallest absolute Gasteiger partial charge is 0.231 e. The van der Waals surface area contributed by atoms with Crippen molar-refractivity contribution < 1.29 is 19.3 Å². The third kappa shape index (κ3) is 3.92. The van der Waals surface area contributed by atoms with Gasteiger partial charge < -0.3 is 24.6 Å². The summed E-state index contributed by atoms with van der Waals surface area (Å²) in [5.41, 5.74) is 0.996. The predicted octanol–water partition coefficient (Wildman–Crippen LogP) is 0.489. The highest BCUT2D eigenvalue weighted by Gasteiger charge is 2.20. The van der Waals surface area contributed by atoms with E-state index < -0.39 is 6.10 Å². The summed E-state index contributed by atoms with van der Waals surface area (Å²) in [6.07, 6.45) is 2.96. The lowest BCUT2D eigenvalue weighted by Crippen LogP contribution is -2.42. The van der Waals surface area contributed by atoms with Crippen LogP contribution in [0.5, 0.6) is 11.5 Å². The van der Waals surface area contributed by atoms with E-state index in [9.17, 15) is 5.11 Å². The Morgan fingerprint density at radius 2 is 2.28 bits per heavy atom. The fraction of sp³-hybridized carbons (Fsp3) is 0.529. The number of aromatic nitrogens is 3. The molecule has 2 aliphatic rings. The van der Waals surface area contributed by atoms with Gasteiger partial charge in [0.05, 0.1) is 25.9 Å². The van der Waals surface area contributed by atoms with Crippen LogP contribution in [-0.2, 0) is 24.3 Å². The Labute approximate surface area is 145 Å². The van der Waals surface area contributed by atoms with Gasteiger partial charge in [-0.05, 0) is 24.1 Å². The first-order valence-electron chi connectivity index (χ1n) is 8.52. The number of hydrogen-bond donors (Lipinski definition) is 2. The Hall–Kier alpha value is -2.16. The molecule has 2 aromatic rings. The van der Waals surface area contributed by atoms with Crippen LogP contribution in [-0.4, -0.2) is 52.0 Å². The minimum absolute atomic E-state index is 0.265. The lowest BCUT2D eigenvalue weighted by molar-refractivity contribution is 0.0269. The molecule has 0 spiro atoms. The molecule has 0 amide bonds. The number of fused-ring (bicyclic) bond motifs is 2. The molecule has 0 aliphatic carbocycles. The zero-order chi connectivity index (χ0) is 17.1. The van der Waals surface area contributed by atoms with Crippen LogP contribution < -0.4 is 14.8 Å². The molecule has 8 nitrogen and oxygen atoms in total. The highest BCUT2D eigenvalue weighted by atomic mass is 16.7. The van der Waals surface area contributed by atoms with Crippen molar-refractivity contribution in [3.8, 4) is 11.5 Å². The first-order chi connectivity index (χ1) is 12.3. The van der Waals surface area contributed by atoms with E-state index in [0.29, 0.717) is 19.2 Å². The highest BCUT2D eigenvalue weighted by molar-refractivity contribution is 5.44. The molecule has 3 heterocycles. The summed E-state index contributed by atoms with van der Waals surface area (Å²) in [5.74, 6) is 2.54. The van der Waals surface area contributed by atoms with Crippen molar-refractivity contribution in [3.05, 3.63) is 35.9 Å². The fourth-order valence-corrected chi connectivity index (χ4v) is 3.11. The second kappa shape index (κ2) is 7.38. The molecule has 0 saturated heterocycles. The molecule has 8 heteroatoms. The minimum Gasteiger partial charge on any atom is -0.454 e. The molecule has 0 unspecified atom stereocenters. The van der Waals surface area contributed by atoms with Gasteiger partial charge >= 0.3 is 0 Å². The molecule has 1 aromatic heterocycles. The van der Waals surface area contributed by atoms with Gasteiger partial charge in [0.2, 0.25) is 6.79 Å². The summed E-state index contributed by atoms with van der Waals surface area (Å²) in [6.45, 7) is 2.26. The van der Waals surface area contributed by atoms with Crippen LogP contribution in [0.4, 0.5) is 0 Å². The van der Waals surface area contributed by atoms with E-state index >= 15 is 0 Å². The number of aryl methyl sites for hydroxylation is 1. The second-order valence-electron chi connectivity index (χ2n) is 6.36. The average Bonchev–Trinajstić information content (AvgIpc) is 3.28. The molecule has 134 valence electrons. The monoisotopic (exact) mass is 346 g/mol. The fourth-order valence-electron chi connectivity index (χ4n) is 3.11. The Bertz CT molecular complexity index is 720. The van der Waals surface area contributed by atoms with Gasteiger partial charge in [0.1, 0.15) is 12.2 Å². The SMILES string of the molecule is O[C@H](CN[C@@H]1CCc2ncnn2C1)COCc1ccc2c(c1)OCO2. The zero-order valence-electron chi connectivity index (χ0n) is 13.9. The molecular weight excluding hydrogens is 324 g/mol. The maximum Gasteiger partial charge on any atom is 0.231 e. The maximum absolute atomic E-state index is 10.1. The molecule has 0 bridgehead atoms. The topological polar surface area (TPSA) is 90.7 Å². The molecule has 1 aromatic carbocycles. The summed E-state index contributed by atoms with van der Waals surface area (Å²) in [7, 11) is 0. The molecule has 2 atom stereocenters. The number of benzene rings is 1. The van der Waals surface area contributed by atoms with E-state index in [1.165, 1.54) is 0 Å². The van der Waals surface area contributed by atoms with E-state index in [2.05, 4.69) is 15.4 Å². The van der Waals surface area contributed by atoms with Crippen molar-refractivity contribution in [1.29, 1.82) is 0 Å². The number of hydrogen-bond acceptors (Lipinski definition) is 7. The molecular formula is C17H22N4O4. The van der Waals surface area contributed by atoms with E-state index in [1.54, 1.807) is 6.33 Å². The summed E-state index contributed by atoms with van der Waals surface area (Å²) in [5, 5.41) is 17.7. The number of nitrogens with one attached hydrogen (secondary N) is 1. The van der Waals surface area contributed by atoms with Gasteiger partial charge in [0, 0.05) is 19.0 Å². The van der Waals surface area contributed by atoms with Crippen molar-refractivity contribution in [3.63, 3.8) is 0 Å². The van der Waals surface area contributed by atoms with Crippen LogP contribution in [0.1, 0.15) is 17.8 Å².